The molecule has 0 aliphatic carbocycles. The summed E-state index contributed by atoms with van der Waals surface area (Å²) >= 11 is 12.7. The summed E-state index contributed by atoms with van der Waals surface area (Å²) < 4.78 is 0. The third-order valence-corrected chi connectivity index (χ3v) is 3.97. The lowest BCUT2D eigenvalue weighted by atomic mass is 10.1. The first kappa shape index (κ1) is 20.5. The molecule has 2 atom stereocenters. The van der Waals surface area contributed by atoms with E-state index in [1.807, 2.05) is 0 Å². The Kier molecular flexibility index (Phi) is 11.4. The molecule has 0 bridgehead atoms. The van der Waals surface area contributed by atoms with Crippen molar-refractivity contribution in [3.8, 4) is 0 Å². The molecular formula is C16H34Cl2N2. The highest BCUT2D eigenvalue weighted by atomic mass is 35.5. The van der Waals surface area contributed by atoms with Crippen LogP contribution < -0.4 is 0 Å². The second-order valence-electron chi connectivity index (χ2n) is 6.98. The largest absolute Gasteiger partial charge is 0.304 e. The Balaban J connectivity index is 3.79. The van der Waals surface area contributed by atoms with E-state index in [4.69, 9.17) is 23.2 Å². The van der Waals surface area contributed by atoms with Gasteiger partial charge in [-0.25, -0.2) is 0 Å². The SMILES string of the molecule is CC(C)CC(Cl)CN(C)CCN(C)CC(Cl)CC(C)C. The number of hydrogen-bond donors (Lipinski definition) is 0. The van der Waals surface area contributed by atoms with Crippen molar-refractivity contribution < 1.29 is 0 Å². The average molecular weight is 325 g/mol. The average Bonchev–Trinajstić information content (AvgIpc) is 2.23. The van der Waals surface area contributed by atoms with Gasteiger partial charge < -0.3 is 9.80 Å². The van der Waals surface area contributed by atoms with Gasteiger partial charge in [-0.3, -0.25) is 0 Å². The van der Waals surface area contributed by atoms with Crippen LogP contribution in [0.3, 0.4) is 0 Å². The fraction of sp³-hybridized carbons (Fsp3) is 1.00. The van der Waals surface area contributed by atoms with Crippen LogP contribution in [0.15, 0.2) is 0 Å². The molecule has 0 heterocycles. The van der Waals surface area contributed by atoms with Crippen LogP contribution in [0.5, 0.6) is 0 Å². The second-order valence-corrected chi connectivity index (χ2v) is 8.21. The van der Waals surface area contributed by atoms with Gasteiger partial charge in [-0.2, -0.15) is 0 Å². The van der Waals surface area contributed by atoms with Gasteiger partial charge in [-0.1, -0.05) is 27.7 Å². The Morgan fingerprint density at radius 3 is 1.25 bits per heavy atom. The Bertz CT molecular complexity index is 211. The maximum Gasteiger partial charge on any atom is 0.0465 e. The lowest BCUT2D eigenvalue weighted by Crippen LogP contribution is -2.36. The highest BCUT2D eigenvalue weighted by molar-refractivity contribution is 6.21. The number of rotatable bonds is 11. The third kappa shape index (κ3) is 12.3. The first-order valence-corrected chi connectivity index (χ1v) is 8.73. The zero-order valence-corrected chi connectivity index (χ0v) is 15.7. The lowest BCUT2D eigenvalue weighted by Gasteiger charge is -2.25. The maximum absolute atomic E-state index is 6.35. The zero-order chi connectivity index (χ0) is 15.7. The highest BCUT2D eigenvalue weighted by Crippen LogP contribution is 2.13. The van der Waals surface area contributed by atoms with E-state index < -0.39 is 0 Å². The number of hydrogen-bond acceptors (Lipinski definition) is 2. The van der Waals surface area contributed by atoms with Crippen LogP contribution in [0.1, 0.15) is 40.5 Å². The van der Waals surface area contributed by atoms with Gasteiger partial charge in [0.05, 0.1) is 0 Å². The number of nitrogens with zero attached hydrogens (tertiary/aromatic N) is 2. The quantitative estimate of drug-likeness (QED) is 0.526. The topological polar surface area (TPSA) is 6.48 Å². The van der Waals surface area contributed by atoms with E-state index in [1.54, 1.807) is 0 Å². The van der Waals surface area contributed by atoms with Gasteiger partial charge in [0.25, 0.3) is 0 Å². The summed E-state index contributed by atoms with van der Waals surface area (Å²) in [6.07, 6.45) is 2.17. The van der Waals surface area contributed by atoms with Gasteiger partial charge in [0.1, 0.15) is 0 Å². The van der Waals surface area contributed by atoms with Gasteiger partial charge >= 0.3 is 0 Å². The molecule has 4 heteroatoms. The smallest absolute Gasteiger partial charge is 0.0465 e. The van der Waals surface area contributed by atoms with Gasteiger partial charge in [-0.05, 0) is 38.8 Å². The molecule has 20 heavy (non-hydrogen) atoms. The van der Waals surface area contributed by atoms with E-state index in [1.165, 1.54) is 0 Å². The molecule has 0 saturated heterocycles. The van der Waals surface area contributed by atoms with Crippen LogP contribution in [-0.4, -0.2) is 60.8 Å². The first-order chi connectivity index (χ1) is 9.20. The Hall–Kier alpha value is 0.500. The fourth-order valence-electron chi connectivity index (χ4n) is 2.37. The first-order valence-electron chi connectivity index (χ1n) is 7.85. The molecule has 0 amide bonds. The number of likely N-dealkylation sites (N-methyl/N-ethyl adjacent to an activating group) is 2. The van der Waals surface area contributed by atoms with Gasteiger partial charge in [0.15, 0.2) is 0 Å². The normalized spacial score (nSPS) is 15.6. The molecule has 0 saturated carbocycles. The predicted octanol–water partition coefficient (Wildman–Crippen LogP) is 4.16. The van der Waals surface area contributed by atoms with Crippen LogP contribution in [0.2, 0.25) is 0 Å². The van der Waals surface area contributed by atoms with E-state index in [0.717, 1.165) is 39.0 Å². The molecule has 122 valence electrons. The lowest BCUT2D eigenvalue weighted by molar-refractivity contribution is 0.248. The number of halogens is 2. The second kappa shape index (κ2) is 11.1. The van der Waals surface area contributed by atoms with Crippen molar-refractivity contribution in [2.45, 2.75) is 51.3 Å². The summed E-state index contributed by atoms with van der Waals surface area (Å²) in [7, 11) is 4.30. The minimum atomic E-state index is 0.257. The van der Waals surface area contributed by atoms with Crippen LogP contribution >= 0.6 is 23.2 Å². The monoisotopic (exact) mass is 324 g/mol. The molecule has 0 aromatic heterocycles. The van der Waals surface area contributed by atoms with Crippen molar-refractivity contribution >= 4 is 23.2 Å². The van der Waals surface area contributed by atoms with Crippen LogP contribution in [-0.2, 0) is 0 Å². The Morgan fingerprint density at radius 2 is 1.00 bits per heavy atom. The maximum atomic E-state index is 6.35. The van der Waals surface area contributed by atoms with Crippen LogP contribution in [0.25, 0.3) is 0 Å². The van der Waals surface area contributed by atoms with Crippen LogP contribution in [0, 0.1) is 11.8 Å². The van der Waals surface area contributed by atoms with Crippen molar-refractivity contribution in [2.24, 2.45) is 11.8 Å². The number of alkyl halides is 2. The molecule has 0 spiro atoms. The Labute approximate surface area is 136 Å². The van der Waals surface area contributed by atoms with Crippen LogP contribution in [0.4, 0.5) is 0 Å². The van der Waals surface area contributed by atoms with E-state index in [2.05, 4.69) is 51.6 Å². The summed E-state index contributed by atoms with van der Waals surface area (Å²) in [5.74, 6) is 1.34. The molecule has 0 radical (unpaired) electrons. The van der Waals surface area contributed by atoms with E-state index in [0.29, 0.717) is 11.8 Å². The summed E-state index contributed by atoms with van der Waals surface area (Å²) in [6, 6.07) is 0. The molecule has 2 unspecified atom stereocenters. The summed E-state index contributed by atoms with van der Waals surface area (Å²) in [5.41, 5.74) is 0. The molecule has 0 N–H and O–H groups in total. The van der Waals surface area contributed by atoms with Crippen molar-refractivity contribution in [3.05, 3.63) is 0 Å². The molecule has 0 fully saturated rings. The summed E-state index contributed by atoms with van der Waals surface area (Å²) in [6.45, 7) is 12.9. The zero-order valence-electron chi connectivity index (χ0n) is 14.2. The van der Waals surface area contributed by atoms with Gasteiger partial charge in [-0.15, -0.1) is 23.2 Å². The standard InChI is InChI=1S/C16H34Cl2N2/c1-13(2)9-15(17)11-19(5)7-8-20(6)12-16(18)10-14(3)4/h13-16H,7-12H2,1-6H3. The molecule has 0 aliphatic heterocycles. The highest BCUT2D eigenvalue weighted by Gasteiger charge is 2.13. The Morgan fingerprint density at radius 1 is 0.700 bits per heavy atom. The summed E-state index contributed by atoms with van der Waals surface area (Å²) in [5, 5.41) is 0.513. The minimum Gasteiger partial charge on any atom is -0.304 e. The minimum absolute atomic E-state index is 0.257. The molecule has 0 aromatic rings. The fourth-order valence-corrected chi connectivity index (χ4v) is 3.56. The molecule has 0 aromatic carbocycles. The predicted molar refractivity (Wildman–Crippen MR) is 93.2 cm³/mol. The van der Waals surface area contributed by atoms with E-state index in [9.17, 15) is 0 Å². The summed E-state index contributed by atoms with van der Waals surface area (Å²) in [4.78, 5) is 4.64. The van der Waals surface area contributed by atoms with Crippen molar-refractivity contribution in [3.63, 3.8) is 0 Å². The third-order valence-electron chi connectivity index (χ3n) is 3.34. The van der Waals surface area contributed by atoms with E-state index >= 15 is 0 Å². The van der Waals surface area contributed by atoms with E-state index in [-0.39, 0.29) is 10.8 Å². The van der Waals surface area contributed by atoms with Crippen molar-refractivity contribution in [1.29, 1.82) is 0 Å². The van der Waals surface area contributed by atoms with Crippen molar-refractivity contribution in [2.75, 3.05) is 40.3 Å². The molecular weight excluding hydrogens is 291 g/mol. The van der Waals surface area contributed by atoms with Crippen molar-refractivity contribution in [1.82, 2.24) is 9.80 Å². The van der Waals surface area contributed by atoms with Gasteiger partial charge in [0.2, 0.25) is 0 Å². The molecule has 2 nitrogen and oxygen atoms in total. The molecule has 0 aliphatic rings. The van der Waals surface area contributed by atoms with Gasteiger partial charge in [0, 0.05) is 36.9 Å². The molecule has 0 rings (SSSR count).